The molecule has 1 heterocycles. The van der Waals surface area contributed by atoms with E-state index in [1.54, 1.807) is 86.6 Å². The molecule has 0 aromatic heterocycles. The first kappa shape index (κ1) is 35.9. The number of benzene rings is 1. The Kier molecular flexibility index (Phi) is 11.1. The molecule has 1 aromatic rings. The molecule has 6 N–H and O–H groups in total. The zero-order valence-electron chi connectivity index (χ0n) is 27.0. The molecule has 0 aliphatic carbocycles. The summed E-state index contributed by atoms with van der Waals surface area (Å²) in [5.74, 6) is -3.24. The van der Waals surface area contributed by atoms with Crippen LogP contribution >= 0.6 is 0 Å². The summed E-state index contributed by atoms with van der Waals surface area (Å²) in [4.78, 5) is 45.7. The van der Waals surface area contributed by atoms with Crippen LogP contribution < -0.4 is 16.2 Å². The Morgan fingerprint density at radius 2 is 1.34 bits per heavy atom. The van der Waals surface area contributed by atoms with E-state index in [4.69, 9.17) is 46.0 Å². The highest BCUT2D eigenvalue weighted by molar-refractivity contribution is 6.19. The minimum atomic E-state index is -2.35. The minimum Gasteiger partial charge on any atom is -0.494 e. The van der Waals surface area contributed by atoms with Gasteiger partial charge in [-0.3, -0.25) is 15.8 Å². The lowest BCUT2D eigenvalue weighted by molar-refractivity contribution is -0.175. The molecule has 0 bridgehead atoms. The van der Waals surface area contributed by atoms with Crippen molar-refractivity contribution in [1.29, 1.82) is 10.8 Å². The molecule has 0 fully saturated rings. The van der Waals surface area contributed by atoms with Crippen LogP contribution in [0.15, 0.2) is 40.4 Å². The van der Waals surface area contributed by atoms with Gasteiger partial charge in [-0.25, -0.2) is 14.4 Å². The van der Waals surface area contributed by atoms with Crippen LogP contribution in [0.5, 0.6) is 5.75 Å². The van der Waals surface area contributed by atoms with Gasteiger partial charge in [-0.1, -0.05) is 0 Å². The van der Waals surface area contributed by atoms with E-state index in [-0.39, 0.29) is 25.5 Å². The van der Waals surface area contributed by atoms with Gasteiger partial charge in [0.15, 0.2) is 0 Å². The van der Waals surface area contributed by atoms with Crippen LogP contribution in [-0.4, -0.2) is 77.5 Å². The molecule has 13 nitrogen and oxygen atoms in total. The molecule has 1 aliphatic heterocycles. The number of hydrogen-bond acceptors (Lipinski definition) is 11. The highest BCUT2D eigenvalue weighted by Gasteiger charge is 2.55. The molecular weight excluding hydrogens is 570 g/mol. The van der Waals surface area contributed by atoms with Gasteiger partial charge < -0.3 is 35.2 Å². The van der Waals surface area contributed by atoms with Crippen molar-refractivity contribution < 1.29 is 38.1 Å². The number of nitrogens with one attached hydrogen (secondary N) is 2. The van der Waals surface area contributed by atoms with Crippen LogP contribution in [0.3, 0.4) is 0 Å². The summed E-state index contributed by atoms with van der Waals surface area (Å²) < 4.78 is 28.8. The summed E-state index contributed by atoms with van der Waals surface area (Å²) in [5, 5.41) is 15.6. The molecular formula is C31H45N5O8. The lowest BCUT2D eigenvalue weighted by atomic mass is 9.83. The second-order valence-corrected chi connectivity index (χ2v) is 13.2. The first-order valence-corrected chi connectivity index (χ1v) is 14.1. The van der Waals surface area contributed by atoms with Crippen molar-refractivity contribution in [3.8, 4) is 5.75 Å². The fourth-order valence-corrected chi connectivity index (χ4v) is 3.92. The van der Waals surface area contributed by atoms with E-state index in [9.17, 15) is 14.4 Å². The van der Waals surface area contributed by atoms with E-state index < -0.39 is 63.3 Å². The van der Waals surface area contributed by atoms with E-state index in [1.807, 2.05) is 0 Å². The first-order chi connectivity index (χ1) is 20.1. The molecule has 2 atom stereocenters. The van der Waals surface area contributed by atoms with Gasteiger partial charge in [-0.2, -0.15) is 0 Å². The maximum atomic E-state index is 13.9. The third-order valence-electron chi connectivity index (χ3n) is 5.59. The number of carbonyl (C=O) groups is 3. The van der Waals surface area contributed by atoms with E-state index in [2.05, 4.69) is 4.99 Å². The number of dihydropyridines is 1. The Balaban J connectivity index is 2.60. The third-order valence-corrected chi connectivity index (χ3v) is 5.59. The number of amidine groups is 2. The lowest BCUT2D eigenvalue weighted by Crippen LogP contribution is -2.56. The monoisotopic (exact) mass is 615 g/mol. The van der Waals surface area contributed by atoms with E-state index in [0.29, 0.717) is 11.3 Å². The molecule has 2 unspecified atom stereocenters. The lowest BCUT2D eigenvalue weighted by Gasteiger charge is -2.38. The molecule has 13 heteroatoms. The number of aliphatic imine (C=N–C) groups is 1. The van der Waals surface area contributed by atoms with Crippen LogP contribution in [0, 0.1) is 10.8 Å². The highest BCUT2D eigenvalue weighted by atomic mass is 16.6. The zero-order chi connectivity index (χ0) is 33.7. The Morgan fingerprint density at radius 1 is 0.818 bits per heavy atom. The van der Waals surface area contributed by atoms with Gasteiger partial charge in [0, 0.05) is 18.2 Å². The molecule has 0 saturated heterocycles. The van der Waals surface area contributed by atoms with Crippen molar-refractivity contribution in [2.45, 2.75) is 97.2 Å². The first-order valence-electron chi connectivity index (χ1n) is 14.1. The van der Waals surface area contributed by atoms with E-state index >= 15 is 0 Å². The molecule has 0 saturated carbocycles. The van der Waals surface area contributed by atoms with Crippen LogP contribution in [0.1, 0.15) is 74.3 Å². The second-order valence-electron chi connectivity index (χ2n) is 13.2. The van der Waals surface area contributed by atoms with Crippen LogP contribution in [0.25, 0.3) is 0 Å². The Morgan fingerprint density at radius 3 is 1.82 bits per heavy atom. The second kappa shape index (κ2) is 13.6. The van der Waals surface area contributed by atoms with Gasteiger partial charge in [0.2, 0.25) is 5.60 Å². The topological polar surface area (TPSA) is 209 Å². The Labute approximate surface area is 258 Å². The summed E-state index contributed by atoms with van der Waals surface area (Å²) in [6.45, 7) is 14.6. The van der Waals surface area contributed by atoms with Crippen molar-refractivity contribution in [2.75, 3.05) is 13.2 Å². The Bertz CT molecular complexity index is 1330. The SMILES string of the molecule is CC(C)(C)OC(=O)C1=C(C(=O)OC(C)(C)C)C(OCCCOc2ccc(C(=N)N)cc2)(C(=O)OC(C)(C)C)C=NC1C(=N)N. The standard InChI is InChI=1S/C31H45N5O8/c1-28(2,3)42-25(37)20-21(26(38)43-29(4,5)6)31(17-36-22(20)24(34)35,27(39)44-30(7,8)9)41-16-10-15-40-19-13-11-18(12-14-19)23(32)33/h11-14,17,22H,10,15-16H2,1-9H3,(H3,32,33)(H3,34,35). The summed E-state index contributed by atoms with van der Waals surface area (Å²) >= 11 is 0. The molecule has 1 aliphatic rings. The highest BCUT2D eigenvalue weighted by Crippen LogP contribution is 2.36. The Hall–Kier alpha value is -4.26. The van der Waals surface area contributed by atoms with E-state index in [0.717, 1.165) is 6.21 Å². The molecule has 2 rings (SSSR count). The molecule has 44 heavy (non-hydrogen) atoms. The molecule has 0 amide bonds. The molecule has 0 radical (unpaired) electrons. The predicted molar refractivity (Wildman–Crippen MR) is 165 cm³/mol. The van der Waals surface area contributed by atoms with Crippen molar-refractivity contribution in [3.05, 3.63) is 41.0 Å². The van der Waals surface area contributed by atoms with E-state index in [1.165, 1.54) is 0 Å². The number of carbonyl (C=O) groups excluding carboxylic acids is 3. The molecule has 242 valence electrons. The van der Waals surface area contributed by atoms with Crippen molar-refractivity contribution in [2.24, 2.45) is 16.5 Å². The maximum Gasteiger partial charge on any atom is 0.349 e. The molecule has 1 aromatic carbocycles. The van der Waals surface area contributed by atoms with Crippen LogP contribution in [0.2, 0.25) is 0 Å². The summed E-state index contributed by atoms with van der Waals surface area (Å²) in [5.41, 5.74) is 5.42. The average molecular weight is 616 g/mol. The largest absolute Gasteiger partial charge is 0.494 e. The van der Waals surface area contributed by atoms with Crippen molar-refractivity contribution in [3.63, 3.8) is 0 Å². The van der Waals surface area contributed by atoms with Crippen LogP contribution in [0.4, 0.5) is 0 Å². The smallest absolute Gasteiger partial charge is 0.349 e. The normalized spacial score (nSPS) is 18.8. The average Bonchev–Trinajstić information content (AvgIpc) is 2.84. The minimum absolute atomic E-state index is 0.0712. The van der Waals surface area contributed by atoms with Gasteiger partial charge in [-0.05, 0) is 86.6 Å². The van der Waals surface area contributed by atoms with Crippen LogP contribution in [-0.2, 0) is 33.3 Å². The van der Waals surface area contributed by atoms with Gasteiger partial charge >= 0.3 is 17.9 Å². The molecule has 0 spiro atoms. The number of rotatable bonds is 11. The van der Waals surface area contributed by atoms with Gasteiger partial charge in [0.1, 0.15) is 40.3 Å². The van der Waals surface area contributed by atoms with Crippen molar-refractivity contribution in [1.82, 2.24) is 0 Å². The fraction of sp³-hybridized carbons (Fsp3) is 0.548. The number of esters is 3. The zero-order valence-corrected chi connectivity index (χ0v) is 27.0. The number of nitrogen functional groups attached to an aromatic ring is 1. The maximum absolute atomic E-state index is 13.9. The van der Waals surface area contributed by atoms with Gasteiger partial charge in [0.05, 0.1) is 24.4 Å². The predicted octanol–water partition coefficient (Wildman–Crippen LogP) is 3.21. The van der Waals surface area contributed by atoms with Gasteiger partial charge in [-0.15, -0.1) is 0 Å². The number of nitrogens with zero attached hydrogens (tertiary/aromatic N) is 1. The third kappa shape index (κ3) is 9.90. The fourth-order valence-electron chi connectivity index (χ4n) is 3.92. The number of hydrogen-bond donors (Lipinski definition) is 4. The summed E-state index contributed by atoms with van der Waals surface area (Å²) in [7, 11) is 0. The summed E-state index contributed by atoms with van der Waals surface area (Å²) in [6.07, 6.45) is 1.26. The number of nitrogens with two attached hydrogens (primary N) is 2. The van der Waals surface area contributed by atoms with Crippen molar-refractivity contribution >= 4 is 35.8 Å². The number of ether oxygens (including phenoxy) is 5. The van der Waals surface area contributed by atoms with Gasteiger partial charge in [0.25, 0.3) is 0 Å². The summed E-state index contributed by atoms with van der Waals surface area (Å²) in [6, 6.07) is 5.16. The quantitative estimate of drug-likeness (QED) is 0.0939.